The average molecular weight is 219 g/mol. The minimum Gasteiger partial charge on any atom is -0.344 e. The molecule has 2 aromatic rings. The summed E-state index contributed by atoms with van der Waals surface area (Å²) in [6.07, 6.45) is 1.81. The number of hydrogen-bond acceptors (Lipinski definition) is 2. The molecule has 1 aromatic heterocycles. The fourth-order valence-electron chi connectivity index (χ4n) is 1.02. The van der Waals surface area contributed by atoms with E-state index in [9.17, 15) is 0 Å². The zero-order chi connectivity index (χ0) is 6.81. The predicted molar refractivity (Wildman–Crippen MR) is 61.3 cm³/mol. The molecule has 1 heterocycles. The summed E-state index contributed by atoms with van der Waals surface area (Å²) in [7, 11) is 0. The third-order valence-electron chi connectivity index (χ3n) is 1.51. The molecule has 0 amide bonds. The quantitative estimate of drug-likeness (QED) is 0.739. The van der Waals surface area contributed by atoms with Crippen LogP contribution >= 0.6 is 24.8 Å². The number of halogens is 2. The molecule has 0 radical (unpaired) electrons. The molecule has 2 rings (SSSR count). The van der Waals surface area contributed by atoms with Crippen molar-refractivity contribution >= 4 is 35.7 Å². The Balaban J connectivity index is 0. The minimum atomic E-state index is 0. The Bertz CT molecular complexity index is 287. The Kier molecular flexibility index (Phi) is 7.52. The highest BCUT2D eigenvalue weighted by Gasteiger charge is 1.86. The standard InChI is InChI=1S/C9H7N.2ClH.H3N/c1-2-6-9-8(4-1)5-3-7-10-9;;;/h1-7H;2*1H;1H3. The van der Waals surface area contributed by atoms with E-state index in [4.69, 9.17) is 0 Å². The lowest BCUT2D eigenvalue weighted by atomic mass is 10.2. The Morgan fingerprint density at radius 2 is 1.46 bits per heavy atom. The maximum absolute atomic E-state index is 4.18. The van der Waals surface area contributed by atoms with Gasteiger partial charge in [0, 0.05) is 11.6 Å². The molecule has 3 N–H and O–H groups in total. The van der Waals surface area contributed by atoms with Gasteiger partial charge in [0.15, 0.2) is 0 Å². The molecular formula is C9H12Cl2N2. The summed E-state index contributed by atoms with van der Waals surface area (Å²) in [5.41, 5.74) is 1.06. The highest BCUT2D eigenvalue weighted by Crippen LogP contribution is 2.07. The van der Waals surface area contributed by atoms with Crippen molar-refractivity contribution in [3.63, 3.8) is 0 Å². The molecule has 0 saturated carbocycles. The number of pyridine rings is 1. The first kappa shape index (κ1) is 14.7. The lowest BCUT2D eigenvalue weighted by molar-refractivity contribution is 1.41. The summed E-state index contributed by atoms with van der Waals surface area (Å²) in [6.45, 7) is 0. The van der Waals surface area contributed by atoms with Crippen LogP contribution in [0.5, 0.6) is 0 Å². The number of fused-ring (bicyclic) bond motifs is 1. The van der Waals surface area contributed by atoms with Crippen molar-refractivity contribution in [3.05, 3.63) is 42.6 Å². The summed E-state index contributed by atoms with van der Waals surface area (Å²) in [5.74, 6) is 0. The first-order valence-electron chi connectivity index (χ1n) is 3.26. The Morgan fingerprint density at radius 3 is 2.15 bits per heavy atom. The second-order valence-electron chi connectivity index (χ2n) is 2.20. The van der Waals surface area contributed by atoms with Crippen LogP contribution in [0.25, 0.3) is 10.9 Å². The van der Waals surface area contributed by atoms with Gasteiger partial charge in [0.2, 0.25) is 0 Å². The van der Waals surface area contributed by atoms with Crippen molar-refractivity contribution < 1.29 is 0 Å². The third kappa shape index (κ3) is 3.19. The molecule has 0 aliphatic rings. The van der Waals surface area contributed by atoms with Gasteiger partial charge >= 0.3 is 0 Å². The molecule has 0 aliphatic carbocycles. The Hall–Kier alpha value is -0.830. The Labute approximate surface area is 89.8 Å². The topological polar surface area (TPSA) is 47.9 Å². The fourth-order valence-corrected chi connectivity index (χ4v) is 1.02. The van der Waals surface area contributed by atoms with Gasteiger partial charge in [0.1, 0.15) is 0 Å². The molecule has 13 heavy (non-hydrogen) atoms. The van der Waals surface area contributed by atoms with Crippen LogP contribution in [0.2, 0.25) is 0 Å². The lowest BCUT2D eigenvalue weighted by Crippen LogP contribution is -1.73. The van der Waals surface area contributed by atoms with Crippen LogP contribution in [0.4, 0.5) is 0 Å². The number of aromatic nitrogens is 1. The SMILES string of the molecule is Cl.Cl.N.c1ccc2ncccc2c1. The van der Waals surface area contributed by atoms with Crippen LogP contribution in [-0.2, 0) is 0 Å². The first-order valence-corrected chi connectivity index (χ1v) is 3.26. The van der Waals surface area contributed by atoms with Gasteiger partial charge in [-0.3, -0.25) is 4.98 Å². The van der Waals surface area contributed by atoms with Crippen LogP contribution < -0.4 is 6.15 Å². The molecule has 0 bridgehead atoms. The normalized spacial score (nSPS) is 7.69. The van der Waals surface area contributed by atoms with Gasteiger partial charge in [0.25, 0.3) is 0 Å². The minimum absolute atomic E-state index is 0. The van der Waals surface area contributed by atoms with Gasteiger partial charge in [0.05, 0.1) is 5.52 Å². The van der Waals surface area contributed by atoms with Crippen molar-refractivity contribution in [2.75, 3.05) is 0 Å². The summed E-state index contributed by atoms with van der Waals surface area (Å²) in [6, 6.07) is 12.1. The molecule has 72 valence electrons. The molecule has 0 atom stereocenters. The van der Waals surface area contributed by atoms with E-state index in [1.54, 1.807) is 0 Å². The van der Waals surface area contributed by atoms with Crippen LogP contribution in [-0.4, -0.2) is 4.98 Å². The van der Waals surface area contributed by atoms with Crippen molar-refractivity contribution in [2.24, 2.45) is 0 Å². The van der Waals surface area contributed by atoms with Gasteiger partial charge in [-0.05, 0) is 12.1 Å². The van der Waals surface area contributed by atoms with Gasteiger partial charge < -0.3 is 6.15 Å². The number of nitrogens with zero attached hydrogens (tertiary/aromatic N) is 1. The smallest absolute Gasteiger partial charge is 0.0701 e. The largest absolute Gasteiger partial charge is 0.344 e. The van der Waals surface area contributed by atoms with Crippen LogP contribution in [0.1, 0.15) is 0 Å². The van der Waals surface area contributed by atoms with Crippen molar-refractivity contribution in [1.82, 2.24) is 11.1 Å². The molecule has 0 fully saturated rings. The van der Waals surface area contributed by atoms with Crippen LogP contribution in [0.3, 0.4) is 0 Å². The van der Waals surface area contributed by atoms with E-state index >= 15 is 0 Å². The van der Waals surface area contributed by atoms with E-state index in [0.717, 1.165) is 5.52 Å². The van der Waals surface area contributed by atoms with Crippen molar-refractivity contribution in [3.8, 4) is 0 Å². The third-order valence-corrected chi connectivity index (χ3v) is 1.51. The van der Waals surface area contributed by atoms with Gasteiger partial charge in [-0.25, -0.2) is 0 Å². The molecule has 0 saturated heterocycles. The highest BCUT2D eigenvalue weighted by molar-refractivity contribution is 5.85. The molecule has 2 nitrogen and oxygen atoms in total. The molecular weight excluding hydrogens is 207 g/mol. The summed E-state index contributed by atoms with van der Waals surface area (Å²) in [5, 5.41) is 1.20. The van der Waals surface area contributed by atoms with E-state index in [1.807, 2.05) is 30.5 Å². The maximum atomic E-state index is 4.18. The van der Waals surface area contributed by atoms with Gasteiger partial charge in [-0.15, -0.1) is 24.8 Å². The summed E-state index contributed by atoms with van der Waals surface area (Å²) >= 11 is 0. The Morgan fingerprint density at radius 1 is 0.846 bits per heavy atom. The zero-order valence-electron chi connectivity index (χ0n) is 7.01. The van der Waals surface area contributed by atoms with Crippen molar-refractivity contribution in [1.29, 1.82) is 0 Å². The molecule has 4 heteroatoms. The van der Waals surface area contributed by atoms with E-state index in [1.165, 1.54) is 5.39 Å². The molecule has 0 unspecified atom stereocenters. The number of para-hydroxylation sites is 1. The van der Waals surface area contributed by atoms with Crippen LogP contribution in [0.15, 0.2) is 42.6 Å². The highest BCUT2D eigenvalue weighted by atomic mass is 35.5. The van der Waals surface area contributed by atoms with Crippen LogP contribution in [0, 0.1) is 0 Å². The first-order chi connectivity index (χ1) is 4.97. The molecule has 1 aromatic carbocycles. The average Bonchev–Trinajstić information content (AvgIpc) is 2.05. The van der Waals surface area contributed by atoms with E-state index < -0.39 is 0 Å². The predicted octanol–water partition coefficient (Wildman–Crippen LogP) is 3.24. The summed E-state index contributed by atoms with van der Waals surface area (Å²) < 4.78 is 0. The molecule has 0 spiro atoms. The monoisotopic (exact) mass is 218 g/mol. The van der Waals surface area contributed by atoms with Gasteiger partial charge in [-0.1, -0.05) is 24.3 Å². The van der Waals surface area contributed by atoms with E-state index in [2.05, 4.69) is 17.1 Å². The second kappa shape index (κ2) is 6.66. The number of benzene rings is 1. The number of hydrogen-bond donors (Lipinski definition) is 1. The van der Waals surface area contributed by atoms with Gasteiger partial charge in [-0.2, -0.15) is 0 Å². The second-order valence-corrected chi connectivity index (χ2v) is 2.20. The number of rotatable bonds is 0. The van der Waals surface area contributed by atoms with Crippen molar-refractivity contribution in [2.45, 2.75) is 0 Å². The maximum Gasteiger partial charge on any atom is 0.0701 e. The molecule has 0 aliphatic heterocycles. The zero-order valence-corrected chi connectivity index (χ0v) is 8.65. The lowest BCUT2D eigenvalue weighted by Gasteiger charge is -1.91. The fraction of sp³-hybridized carbons (Fsp3) is 0. The van der Waals surface area contributed by atoms with E-state index in [0.29, 0.717) is 0 Å². The van der Waals surface area contributed by atoms with E-state index in [-0.39, 0.29) is 31.0 Å². The summed E-state index contributed by atoms with van der Waals surface area (Å²) in [4.78, 5) is 4.18.